The van der Waals surface area contributed by atoms with Crippen molar-refractivity contribution in [3.63, 3.8) is 0 Å². The number of nitrogens with one attached hydrogen (secondary N) is 1. The summed E-state index contributed by atoms with van der Waals surface area (Å²) in [4.78, 5) is 18.1. The summed E-state index contributed by atoms with van der Waals surface area (Å²) < 4.78 is 0. The topological polar surface area (TPSA) is 57.6 Å². The lowest BCUT2D eigenvalue weighted by Gasteiger charge is -2.17. The second-order valence-electron chi connectivity index (χ2n) is 5.22. The monoisotopic (exact) mass is 294 g/mol. The number of amides is 1. The molecule has 1 saturated heterocycles. The second-order valence-corrected chi connectivity index (χ2v) is 5.22. The van der Waals surface area contributed by atoms with Gasteiger partial charge >= 0.3 is 0 Å². The van der Waals surface area contributed by atoms with Crippen molar-refractivity contribution in [3.05, 3.63) is 59.9 Å². The summed E-state index contributed by atoms with van der Waals surface area (Å²) in [5.74, 6) is -0.243. The van der Waals surface area contributed by atoms with Crippen LogP contribution in [0.3, 0.4) is 0 Å². The first-order chi connectivity index (χ1) is 10.8. The van der Waals surface area contributed by atoms with Crippen molar-refractivity contribution >= 4 is 17.8 Å². The first kappa shape index (κ1) is 14.3. The van der Waals surface area contributed by atoms with Crippen molar-refractivity contribution in [3.8, 4) is 0 Å². The number of hydrogen-bond acceptors (Lipinski definition) is 4. The minimum Gasteiger partial charge on any atom is -0.372 e. The van der Waals surface area contributed by atoms with Gasteiger partial charge in [-0.25, -0.2) is 5.43 Å². The summed E-state index contributed by atoms with van der Waals surface area (Å²) in [6.07, 6.45) is 7.34. The summed E-state index contributed by atoms with van der Waals surface area (Å²) in [5, 5.41) is 3.99. The minimum atomic E-state index is -0.243. The fourth-order valence-electron chi connectivity index (χ4n) is 2.48. The number of aromatic nitrogens is 1. The minimum absolute atomic E-state index is 0.243. The van der Waals surface area contributed by atoms with E-state index in [1.807, 2.05) is 12.1 Å². The van der Waals surface area contributed by atoms with Gasteiger partial charge in [-0.2, -0.15) is 5.10 Å². The van der Waals surface area contributed by atoms with Gasteiger partial charge in [-0.3, -0.25) is 9.78 Å². The third kappa shape index (κ3) is 3.49. The maximum atomic E-state index is 11.8. The molecule has 1 aromatic heterocycles. The van der Waals surface area contributed by atoms with Gasteiger partial charge in [-0.15, -0.1) is 0 Å². The van der Waals surface area contributed by atoms with E-state index in [1.165, 1.54) is 18.5 Å². The molecule has 2 heterocycles. The molecule has 5 nitrogen and oxygen atoms in total. The Morgan fingerprint density at radius 1 is 1.09 bits per heavy atom. The van der Waals surface area contributed by atoms with Crippen molar-refractivity contribution in [1.82, 2.24) is 10.4 Å². The van der Waals surface area contributed by atoms with E-state index in [-0.39, 0.29) is 5.91 Å². The number of pyridine rings is 1. The van der Waals surface area contributed by atoms with Gasteiger partial charge in [0.25, 0.3) is 5.91 Å². The Morgan fingerprint density at radius 3 is 2.45 bits per heavy atom. The van der Waals surface area contributed by atoms with E-state index in [4.69, 9.17) is 0 Å². The van der Waals surface area contributed by atoms with Crippen LogP contribution >= 0.6 is 0 Å². The Labute approximate surface area is 129 Å². The highest BCUT2D eigenvalue weighted by atomic mass is 16.2. The van der Waals surface area contributed by atoms with Gasteiger partial charge in [0.15, 0.2) is 0 Å². The zero-order valence-electron chi connectivity index (χ0n) is 12.3. The van der Waals surface area contributed by atoms with Crippen LogP contribution in [0.25, 0.3) is 0 Å². The highest BCUT2D eigenvalue weighted by Crippen LogP contribution is 2.19. The molecule has 1 N–H and O–H groups in total. The molecule has 5 heteroatoms. The predicted molar refractivity (Wildman–Crippen MR) is 87.2 cm³/mol. The van der Waals surface area contributed by atoms with Gasteiger partial charge in [0, 0.05) is 36.7 Å². The van der Waals surface area contributed by atoms with Crippen molar-refractivity contribution in [2.24, 2.45) is 5.10 Å². The molecular formula is C17H18N4O. The largest absolute Gasteiger partial charge is 0.372 e. The van der Waals surface area contributed by atoms with Crippen LogP contribution in [0.15, 0.2) is 53.9 Å². The van der Waals surface area contributed by atoms with Crippen LogP contribution in [-0.4, -0.2) is 30.2 Å². The van der Waals surface area contributed by atoms with E-state index in [1.54, 1.807) is 30.7 Å². The molecule has 1 aromatic carbocycles. The SMILES string of the molecule is O=C(N/N=C/c1ccc(N2CCCC2)cc1)c1ccncc1. The lowest BCUT2D eigenvalue weighted by atomic mass is 10.2. The third-order valence-electron chi connectivity index (χ3n) is 3.69. The van der Waals surface area contributed by atoms with Crippen LogP contribution in [0, 0.1) is 0 Å². The van der Waals surface area contributed by atoms with Crippen LogP contribution in [0.5, 0.6) is 0 Å². The maximum Gasteiger partial charge on any atom is 0.271 e. The number of hydrazone groups is 1. The van der Waals surface area contributed by atoms with Crippen LogP contribution in [0.2, 0.25) is 0 Å². The number of carbonyl (C=O) groups is 1. The number of benzene rings is 1. The fraction of sp³-hybridized carbons (Fsp3) is 0.235. The van der Waals surface area contributed by atoms with Crippen LogP contribution in [0.1, 0.15) is 28.8 Å². The number of rotatable bonds is 4. The first-order valence-corrected chi connectivity index (χ1v) is 7.41. The average Bonchev–Trinajstić information content (AvgIpc) is 3.11. The molecule has 112 valence electrons. The van der Waals surface area contributed by atoms with Crippen molar-refractivity contribution in [2.45, 2.75) is 12.8 Å². The molecule has 1 aliphatic heterocycles. The van der Waals surface area contributed by atoms with Gasteiger partial charge in [0.1, 0.15) is 0 Å². The molecule has 2 aromatic rings. The normalized spacial score (nSPS) is 14.5. The molecule has 1 aliphatic rings. The third-order valence-corrected chi connectivity index (χ3v) is 3.69. The molecule has 22 heavy (non-hydrogen) atoms. The van der Waals surface area contributed by atoms with Gasteiger partial charge in [0.2, 0.25) is 0 Å². The molecule has 0 unspecified atom stereocenters. The Morgan fingerprint density at radius 2 is 1.77 bits per heavy atom. The highest BCUT2D eigenvalue weighted by Gasteiger charge is 2.11. The summed E-state index contributed by atoms with van der Waals surface area (Å²) in [5.41, 5.74) is 5.25. The number of hydrogen-bond donors (Lipinski definition) is 1. The van der Waals surface area contributed by atoms with Crippen molar-refractivity contribution in [2.75, 3.05) is 18.0 Å². The lowest BCUT2D eigenvalue weighted by Crippen LogP contribution is -2.18. The fourth-order valence-corrected chi connectivity index (χ4v) is 2.48. The van der Waals surface area contributed by atoms with Crippen LogP contribution in [0.4, 0.5) is 5.69 Å². The van der Waals surface area contributed by atoms with Crippen LogP contribution in [-0.2, 0) is 0 Å². The number of anilines is 1. The predicted octanol–water partition coefficient (Wildman–Crippen LogP) is 2.45. The van der Waals surface area contributed by atoms with E-state index in [2.05, 4.69) is 32.5 Å². The van der Waals surface area contributed by atoms with E-state index in [0.717, 1.165) is 18.7 Å². The zero-order valence-corrected chi connectivity index (χ0v) is 12.3. The Kier molecular flexibility index (Phi) is 4.44. The molecule has 0 bridgehead atoms. The lowest BCUT2D eigenvalue weighted by molar-refractivity contribution is 0.0955. The standard InChI is InChI=1S/C17H18N4O/c22-17(15-7-9-18-10-8-15)20-19-13-14-3-5-16(6-4-14)21-11-1-2-12-21/h3-10,13H,1-2,11-12H2,(H,20,22)/b19-13+. The quantitative estimate of drug-likeness (QED) is 0.696. The first-order valence-electron chi connectivity index (χ1n) is 7.41. The molecule has 0 radical (unpaired) electrons. The Bertz CT molecular complexity index is 646. The average molecular weight is 294 g/mol. The molecule has 0 spiro atoms. The summed E-state index contributed by atoms with van der Waals surface area (Å²) >= 11 is 0. The van der Waals surface area contributed by atoms with Gasteiger partial charge < -0.3 is 4.90 Å². The van der Waals surface area contributed by atoms with Gasteiger partial charge in [0.05, 0.1) is 6.21 Å². The number of carbonyl (C=O) groups excluding carboxylic acids is 1. The van der Waals surface area contributed by atoms with Crippen LogP contribution < -0.4 is 10.3 Å². The Balaban J connectivity index is 1.57. The molecule has 0 saturated carbocycles. The van der Waals surface area contributed by atoms with E-state index in [9.17, 15) is 4.79 Å². The second kappa shape index (κ2) is 6.85. The van der Waals surface area contributed by atoms with E-state index < -0.39 is 0 Å². The van der Waals surface area contributed by atoms with Gasteiger partial charge in [-0.1, -0.05) is 12.1 Å². The maximum absolute atomic E-state index is 11.8. The molecule has 1 amide bonds. The summed E-state index contributed by atoms with van der Waals surface area (Å²) in [7, 11) is 0. The van der Waals surface area contributed by atoms with Crippen molar-refractivity contribution < 1.29 is 4.79 Å². The highest BCUT2D eigenvalue weighted by molar-refractivity contribution is 5.94. The molecule has 3 rings (SSSR count). The molecule has 0 atom stereocenters. The summed E-state index contributed by atoms with van der Waals surface area (Å²) in [6, 6.07) is 11.5. The van der Waals surface area contributed by atoms with E-state index >= 15 is 0 Å². The summed E-state index contributed by atoms with van der Waals surface area (Å²) in [6.45, 7) is 2.27. The van der Waals surface area contributed by atoms with E-state index in [0.29, 0.717) is 5.56 Å². The zero-order chi connectivity index (χ0) is 15.2. The molecular weight excluding hydrogens is 276 g/mol. The molecule has 0 aliphatic carbocycles. The number of nitrogens with zero attached hydrogens (tertiary/aromatic N) is 3. The van der Waals surface area contributed by atoms with Crippen molar-refractivity contribution in [1.29, 1.82) is 0 Å². The Hall–Kier alpha value is -2.69. The smallest absolute Gasteiger partial charge is 0.271 e. The molecule has 1 fully saturated rings. The van der Waals surface area contributed by atoms with Gasteiger partial charge in [-0.05, 0) is 42.7 Å².